The normalized spacial score (nSPS) is 19.8. The van der Waals surface area contributed by atoms with Gasteiger partial charge in [-0.3, -0.25) is 9.69 Å². The van der Waals surface area contributed by atoms with Crippen LogP contribution in [0.3, 0.4) is 0 Å². The standard InChI is InChI=1S/C19H27FN2O2/c1-21(19(23)15-4-3-5-15)16-8-10-22(11-9-16)13-14-6-7-18(24-2)17(20)12-14/h6-7,12,15-16H,3-5,8-11,13H2,1-2H3. The molecule has 3 rings (SSSR count). The first-order valence-electron chi connectivity index (χ1n) is 8.90. The molecule has 0 unspecified atom stereocenters. The van der Waals surface area contributed by atoms with E-state index in [2.05, 4.69) is 4.90 Å². The zero-order valence-corrected chi connectivity index (χ0v) is 14.6. The van der Waals surface area contributed by atoms with E-state index in [1.165, 1.54) is 13.5 Å². The zero-order chi connectivity index (χ0) is 17.1. The molecule has 1 aromatic carbocycles. The van der Waals surface area contributed by atoms with E-state index in [9.17, 15) is 9.18 Å². The van der Waals surface area contributed by atoms with Crippen molar-refractivity contribution in [1.82, 2.24) is 9.80 Å². The molecule has 5 heteroatoms. The van der Waals surface area contributed by atoms with Gasteiger partial charge in [-0.2, -0.15) is 0 Å². The predicted octanol–water partition coefficient (Wildman–Crippen LogP) is 3.06. The number of hydrogen-bond acceptors (Lipinski definition) is 3. The summed E-state index contributed by atoms with van der Waals surface area (Å²) < 4.78 is 18.7. The molecule has 1 aromatic rings. The van der Waals surface area contributed by atoms with Crippen LogP contribution in [-0.2, 0) is 11.3 Å². The third-order valence-corrected chi connectivity index (χ3v) is 5.53. The Hall–Kier alpha value is -1.62. The molecule has 1 saturated carbocycles. The number of hydrogen-bond donors (Lipinski definition) is 0. The van der Waals surface area contributed by atoms with Gasteiger partial charge in [0.1, 0.15) is 0 Å². The van der Waals surface area contributed by atoms with Crippen molar-refractivity contribution >= 4 is 5.91 Å². The molecule has 0 atom stereocenters. The zero-order valence-electron chi connectivity index (χ0n) is 14.6. The van der Waals surface area contributed by atoms with Gasteiger partial charge in [0, 0.05) is 38.6 Å². The molecule has 1 heterocycles. The second-order valence-electron chi connectivity index (χ2n) is 7.05. The van der Waals surface area contributed by atoms with Crippen LogP contribution < -0.4 is 4.74 Å². The molecule has 0 radical (unpaired) electrons. The van der Waals surface area contributed by atoms with E-state index >= 15 is 0 Å². The highest BCUT2D eigenvalue weighted by atomic mass is 19.1. The molecule has 2 fully saturated rings. The third kappa shape index (κ3) is 3.72. The van der Waals surface area contributed by atoms with Gasteiger partial charge in [-0.1, -0.05) is 12.5 Å². The highest BCUT2D eigenvalue weighted by molar-refractivity contribution is 5.79. The lowest BCUT2D eigenvalue weighted by atomic mass is 9.84. The fraction of sp³-hybridized carbons (Fsp3) is 0.632. The summed E-state index contributed by atoms with van der Waals surface area (Å²) >= 11 is 0. The summed E-state index contributed by atoms with van der Waals surface area (Å²) in [5.41, 5.74) is 0.964. The SMILES string of the molecule is COc1ccc(CN2CCC(N(C)C(=O)C3CCC3)CC2)cc1F. The summed E-state index contributed by atoms with van der Waals surface area (Å²) in [6, 6.07) is 5.50. The second-order valence-corrected chi connectivity index (χ2v) is 7.05. The van der Waals surface area contributed by atoms with Gasteiger partial charge in [-0.15, -0.1) is 0 Å². The summed E-state index contributed by atoms with van der Waals surface area (Å²) in [6.07, 6.45) is 5.30. The lowest BCUT2D eigenvalue weighted by molar-refractivity contribution is -0.139. The molecule has 1 amide bonds. The fourth-order valence-corrected chi connectivity index (χ4v) is 3.65. The smallest absolute Gasteiger partial charge is 0.225 e. The molecular formula is C19H27FN2O2. The van der Waals surface area contributed by atoms with Gasteiger partial charge >= 0.3 is 0 Å². The number of amides is 1. The summed E-state index contributed by atoms with van der Waals surface area (Å²) in [5, 5.41) is 0. The number of halogens is 1. The second kappa shape index (κ2) is 7.51. The van der Waals surface area contributed by atoms with Gasteiger partial charge in [0.25, 0.3) is 0 Å². The summed E-state index contributed by atoms with van der Waals surface area (Å²) in [5.74, 6) is 0.580. The molecule has 1 aliphatic carbocycles. The van der Waals surface area contributed by atoms with Gasteiger partial charge < -0.3 is 9.64 Å². The van der Waals surface area contributed by atoms with E-state index in [1.807, 2.05) is 18.0 Å². The number of nitrogens with zero attached hydrogens (tertiary/aromatic N) is 2. The van der Waals surface area contributed by atoms with Gasteiger partial charge in [0.15, 0.2) is 11.6 Å². The van der Waals surface area contributed by atoms with Crippen LogP contribution in [0.4, 0.5) is 4.39 Å². The number of benzene rings is 1. The average molecular weight is 334 g/mol. The lowest BCUT2D eigenvalue weighted by Gasteiger charge is -2.39. The maximum Gasteiger partial charge on any atom is 0.225 e. The Morgan fingerprint density at radius 1 is 1.29 bits per heavy atom. The van der Waals surface area contributed by atoms with Gasteiger partial charge in [-0.25, -0.2) is 4.39 Å². The molecule has 132 valence electrons. The van der Waals surface area contributed by atoms with Gasteiger partial charge in [0.05, 0.1) is 7.11 Å². The third-order valence-electron chi connectivity index (χ3n) is 5.53. The van der Waals surface area contributed by atoms with E-state index in [0.29, 0.717) is 11.9 Å². The van der Waals surface area contributed by atoms with Crippen LogP contribution in [0.1, 0.15) is 37.7 Å². The van der Waals surface area contributed by atoms with E-state index in [0.717, 1.165) is 50.9 Å². The number of carbonyl (C=O) groups excluding carboxylic acids is 1. The maximum absolute atomic E-state index is 13.8. The highest BCUT2D eigenvalue weighted by Gasteiger charge is 2.32. The number of rotatable bonds is 5. The van der Waals surface area contributed by atoms with E-state index in [1.54, 1.807) is 12.1 Å². The van der Waals surface area contributed by atoms with Crippen LogP contribution in [0.25, 0.3) is 0 Å². The molecule has 2 aliphatic rings. The number of carbonyl (C=O) groups is 1. The average Bonchev–Trinajstić information content (AvgIpc) is 2.53. The van der Waals surface area contributed by atoms with Gasteiger partial charge in [-0.05, 0) is 43.4 Å². The molecule has 24 heavy (non-hydrogen) atoms. The van der Waals surface area contributed by atoms with Crippen molar-refractivity contribution in [2.75, 3.05) is 27.2 Å². The quantitative estimate of drug-likeness (QED) is 0.830. The topological polar surface area (TPSA) is 32.8 Å². The van der Waals surface area contributed by atoms with Crippen molar-refractivity contribution in [2.45, 2.75) is 44.7 Å². The first kappa shape index (κ1) is 17.2. The van der Waals surface area contributed by atoms with Gasteiger partial charge in [0.2, 0.25) is 5.91 Å². The van der Waals surface area contributed by atoms with E-state index < -0.39 is 0 Å². The molecule has 0 N–H and O–H groups in total. The van der Waals surface area contributed by atoms with Crippen LogP contribution in [-0.4, -0.2) is 49.0 Å². The van der Waals surface area contributed by atoms with Crippen molar-refractivity contribution in [3.63, 3.8) is 0 Å². The van der Waals surface area contributed by atoms with Crippen molar-refractivity contribution in [3.05, 3.63) is 29.6 Å². The van der Waals surface area contributed by atoms with Crippen molar-refractivity contribution < 1.29 is 13.9 Å². The largest absolute Gasteiger partial charge is 0.494 e. The van der Waals surface area contributed by atoms with Crippen LogP contribution in [0, 0.1) is 11.7 Å². The van der Waals surface area contributed by atoms with E-state index in [-0.39, 0.29) is 17.5 Å². The molecule has 1 aliphatic heterocycles. The Bertz CT molecular complexity index is 581. The highest BCUT2D eigenvalue weighted by Crippen LogP contribution is 2.30. The Kier molecular flexibility index (Phi) is 5.39. The molecule has 1 saturated heterocycles. The minimum atomic E-state index is -0.310. The molecule has 0 bridgehead atoms. The summed E-state index contributed by atoms with van der Waals surface area (Å²) in [6.45, 7) is 2.63. The van der Waals surface area contributed by atoms with Crippen molar-refractivity contribution in [1.29, 1.82) is 0 Å². The van der Waals surface area contributed by atoms with Crippen LogP contribution in [0.5, 0.6) is 5.75 Å². The first-order chi connectivity index (χ1) is 11.6. The summed E-state index contributed by atoms with van der Waals surface area (Å²) in [4.78, 5) is 16.7. The lowest BCUT2D eigenvalue weighted by Crippen LogP contribution is -2.48. The first-order valence-corrected chi connectivity index (χ1v) is 8.90. The predicted molar refractivity (Wildman–Crippen MR) is 91.4 cm³/mol. The Balaban J connectivity index is 1.49. The minimum absolute atomic E-state index is 0.273. The van der Waals surface area contributed by atoms with Crippen LogP contribution in [0.15, 0.2) is 18.2 Å². The molecule has 4 nitrogen and oxygen atoms in total. The number of piperidine rings is 1. The minimum Gasteiger partial charge on any atom is -0.494 e. The van der Waals surface area contributed by atoms with Crippen molar-refractivity contribution in [2.24, 2.45) is 5.92 Å². The fourth-order valence-electron chi connectivity index (χ4n) is 3.65. The molecule has 0 spiro atoms. The molecule has 0 aromatic heterocycles. The molecular weight excluding hydrogens is 307 g/mol. The monoisotopic (exact) mass is 334 g/mol. The number of methoxy groups -OCH3 is 1. The Labute approximate surface area is 143 Å². The Morgan fingerprint density at radius 3 is 2.54 bits per heavy atom. The summed E-state index contributed by atoms with van der Waals surface area (Å²) in [7, 11) is 3.43. The maximum atomic E-state index is 13.8. The number of ether oxygens (including phenoxy) is 1. The number of likely N-dealkylation sites (tertiary alicyclic amines) is 1. The van der Waals surface area contributed by atoms with Crippen molar-refractivity contribution in [3.8, 4) is 5.75 Å². The van der Waals surface area contributed by atoms with E-state index in [4.69, 9.17) is 4.74 Å². The van der Waals surface area contributed by atoms with Crippen LogP contribution in [0.2, 0.25) is 0 Å². The Morgan fingerprint density at radius 2 is 2.00 bits per heavy atom. The van der Waals surface area contributed by atoms with Crippen LogP contribution >= 0.6 is 0 Å².